The van der Waals surface area contributed by atoms with E-state index in [1.807, 2.05) is 65.6 Å². The molecule has 2 bridgehead atoms. The molecule has 4 heterocycles. The predicted octanol–water partition coefficient (Wildman–Crippen LogP) is 1.39. The molecule has 1 unspecified atom stereocenters. The molecule has 3 N–H and O–H groups in total. The van der Waals surface area contributed by atoms with E-state index in [1.165, 1.54) is 0 Å². The van der Waals surface area contributed by atoms with Crippen LogP contribution in [0.3, 0.4) is 0 Å². The van der Waals surface area contributed by atoms with Gasteiger partial charge < -0.3 is 20.7 Å². The molecule has 1 saturated heterocycles. The number of carbonyl (C=O) groups is 3. The zero-order chi connectivity index (χ0) is 31.2. The molecule has 232 valence electrons. The summed E-state index contributed by atoms with van der Waals surface area (Å²) in [4.78, 5) is 46.9. The van der Waals surface area contributed by atoms with E-state index in [2.05, 4.69) is 31.2 Å². The third kappa shape index (κ3) is 7.52. The molecule has 0 saturated carbocycles. The molecule has 0 radical (unpaired) electrons. The fourth-order valence-electron chi connectivity index (χ4n) is 5.99. The third-order valence-corrected chi connectivity index (χ3v) is 8.21. The number of carbonyl (C=O) groups excluding carboxylic acids is 3. The molecule has 12 heteroatoms. The number of hydrogen-bond acceptors (Lipinski definition) is 8. The Hall–Kier alpha value is -5.10. The van der Waals surface area contributed by atoms with Crippen molar-refractivity contribution in [2.24, 2.45) is 0 Å². The Balaban J connectivity index is 1.26. The van der Waals surface area contributed by atoms with Crippen molar-refractivity contribution in [3.05, 3.63) is 107 Å². The van der Waals surface area contributed by atoms with E-state index in [0.29, 0.717) is 31.7 Å². The molecule has 2 aliphatic rings. The van der Waals surface area contributed by atoms with Crippen molar-refractivity contribution in [2.75, 3.05) is 13.7 Å². The summed E-state index contributed by atoms with van der Waals surface area (Å²) in [6.45, 7) is 1.67. The second kappa shape index (κ2) is 13.7. The summed E-state index contributed by atoms with van der Waals surface area (Å²) < 4.78 is 7.08. The number of likely N-dealkylation sites (tertiary alicyclic amines) is 1. The fourth-order valence-corrected chi connectivity index (χ4v) is 5.99. The summed E-state index contributed by atoms with van der Waals surface area (Å²) >= 11 is 0. The second-order valence-corrected chi connectivity index (χ2v) is 11.5. The number of aromatic nitrogens is 4. The number of benzene rings is 2. The van der Waals surface area contributed by atoms with Crippen molar-refractivity contribution in [3.63, 3.8) is 0 Å². The smallest absolute Gasteiger partial charge is 0.243 e. The minimum absolute atomic E-state index is 0.120. The summed E-state index contributed by atoms with van der Waals surface area (Å²) in [5.41, 5.74) is 4.20. The van der Waals surface area contributed by atoms with Gasteiger partial charge in [0.2, 0.25) is 17.7 Å². The monoisotopic (exact) mass is 608 g/mol. The number of hydrogen-bond donors (Lipinski definition) is 3. The molecular weight excluding hydrogens is 572 g/mol. The lowest BCUT2D eigenvalue weighted by Gasteiger charge is -2.26. The first-order valence-electron chi connectivity index (χ1n) is 15.0. The Labute approximate surface area is 261 Å². The van der Waals surface area contributed by atoms with Crippen LogP contribution in [0.4, 0.5) is 0 Å². The van der Waals surface area contributed by atoms with Crippen LogP contribution in [0.2, 0.25) is 0 Å². The number of methoxy groups -OCH3 is 1. The molecule has 2 aromatic heterocycles. The maximum Gasteiger partial charge on any atom is 0.243 e. The van der Waals surface area contributed by atoms with Gasteiger partial charge in [0, 0.05) is 50.7 Å². The lowest BCUT2D eigenvalue weighted by Crippen LogP contribution is -2.53. The Morgan fingerprint density at radius 1 is 0.933 bits per heavy atom. The molecule has 6 rings (SSSR count). The number of fused-ring (bicyclic) bond motifs is 3. The van der Waals surface area contributed by atoms with E-state index in [0.717, 1.165) is 28.0 Å². The van der Waals surface area contributed by atoms with Crippen LogP contribution in [0.5, 0.6) is 5.75 Å². The number of pyridine rings is 1. The Morgan fingerprint density at radius 3 is 2.60 bits per heavy atom. The van der Waals surface area contributed by atoms with E-state index in [-0.39, 0.29) is 43.1 Å². The van der Waals surface area contributed by atoms with Crippen molar-refractivity contribution in [2.45, 2.75) is 57.0 Å². The highest BCUT2D eigenvalue weighted by Crippen LogP contribution is 2.24. The van der Waals surface area contributed by atoms with Crippen molar-refractivity contribution in [1.82, 2.24) is 40.8 Å². The van der Waals surface area contributed by atoms with Crippen LogP contribution in [0.15, 0.2) is 79.3 Å². The number of rotatable bonds is 7. The molecule has 2 aliphatic heterocycles. The lowest BCUT2D eigenvalue weighted by molar-refractivity contribution is -0.131. The van der Waals surface area contributed by atoms with Crippen LogP contribution in [-0.4, -0.2) is 74.4 Å². The molecule has 0 aliphatic carbocycles. The maximum absolute atomic E-state index is 13.9. The average molecular weight is 609 g/mol. The lowest BCUT2D eigenvalue weighted by atomic mass is 10.0. The van der Waals surface area contributed by atoms with Crippen molar-refractivity contribution < 1.29 is 19.1 Å². The molecule has 3 atom stereocenters. The molecular formula is C33H36N8O4. The van der Waals surface area contributed by atoms with Crippen LogP contribution in [-0.2, 0) is 46.9 Å². The van der Waals surface area contributed by atoms with Crippen LogP contribution < -0.4 is 20.7 Å². The van der Waals surface area contributed by atoms with Crippen LogP contribution >= 0.6 is 0 Å². The largest absolute Gasteiger partial charge is 0.497 e. The van der Waals surface area contributed by atoms with E-state index >= 15 is 0 Å². The fraction of sp³-hybridized carbons (Fsp3) is 0.333. The summed E-state index contributed by atoms with van der Waals surface area (Å²) in [6, 6.07) is 17.4. The highest BCUT2D eigenvalue weighted by molar-refractivity contribution is 5.90. The van der Waals surface area contributed by atoms with Gasteiger partial charge in [-0.2, -0.15) is 0 Å². The van der Waals surface area contributed by atoms with Gasteiger partial charge in [-0.05, 0) is 46.9 Å². The summed E-state index contributed by atoms with van der Waals surface area (Å²) in [7, 11) is 1.62. The van der Waals surface area contributed by atoms with Gasteiger partial charge in [-0.25, -0.2) is 4.68 Å². The van der Waals surface area contributed by atoms with Gasteiger partial charge in [0.1, 0.15) is 11.8 Å². The van der Waals surface area contributed by atoms with Gasteiger partial charge in [-0.15, -0.1) is 5.10 Å². The van der Waals surface area contributed by atoms with Gasteiger partial charge >= 0.3 is 0 Å². The normalized spacial score (nSPS) is 20.8. The summed E-state index contributed by atoms with van der Waals surface area (Å²) in [6.07, 6.45) is 6.01. The quantitative estimate of drug-likeness (QED) is 0.286. The predicted molar refractivity (Wildman–Crippen MR) is 165 cm³/mol. The van der Waals surface area contributed by atoms with Crippen LogP contribution in [0.25, 0.3) is 0 Å². The Bertz CT molecular complexity index is 1660. The number of ether oxygens (including phenoxy) is 1. The molecule has 0 spiro atoms. The van der Waals surface area contributed by atoms with Gasteiger partial charge in [0.25, 0.3) is 0 Å². The zero-order valence-corrected chi connectivity index (χ0v) is 25.1. The number of nitrogens with one attached hydrogen (secondary N) is 3. The third-order valence-electron chi connectivity index (χ3n) is 8.21. The minimum Gasteiger partial charge on any atom is -0.497 e. The second-order valence-electron chi connectivity index (χ2n) is 11.5. The first-order valence-corrected chi connectivity index (χ1v) is 15.0. The molecule has 1 fully saturated rings. The molecule has 4 aromatic rings. The van der Waals surface area contributed by atoms with E-state index < -0.39 is 12.1 Å². The van der Waals surface area contributed by atoms with Crippen LogP contribution in [0.1, 0.15) is 34.4 Å². The van der Waals surface area contributed by atoms with Crippen LogP contribution in [0, 0.1) is 0 Å². The van der Waals surface area contributed by atoms with E-state index in [1.54, 1.807) is 30.4 Å². The van der Waals surface area contributed by atoms with Gasteiger partial charge in [-0.1, -0.05) is 47.7 Å². The first-order chi connectivity index (χ1) is 21.9. The summed E-state index contributed by atoms with van der Waals surface area (Å²) in [5, 5.41) is 17.7. The Morgan fingerprint density at radius 2 is 1.78 bits per heavy atom. The number of amides is 3. The highest BCUT2D eigenvalue weighted by Gasteiger charge is 2.39. The first kappa shape index (κ1) is 29.9. The van der Waals surface area contributed by atoms with Gasteiger partial charge in [0.15, 0.2) is 0 Å². The van der Waals surface area contributed by atoms with Gasteiger partial charge in [0.05, 0.1) is 31.8 Å². The van der Waals surface area contributed by atoms with Crippen molar-refractivity contribution in [1.29, 1.82) is 0 Å². The molecule has 12 nitrogen and oxygen atoms in total. The molecule has 3 amide bonds. The van der Waals surface area contributed by atoms with Crippen molar-refractivity contribution >= 4 is 17.7 Å². The summed E-state index contributed by atoms with van der Waals surface area (Å²) in [5.74, 6) is -0.0150. The maximum atomic E-state index is 13.9. The SMILES string of the molecule is COc1cccc(CN2C[C@@H]3C[C@H]2C(=O)NC(Cc2cn(Cc4cccnc4)nn2)C(=O)NCc2ccccc2CC(=O)N3)c1. The average Bonchev–Trinajstić information content (AvgIpc) is 3.66. The minimum atomic E-state index is -0.886. The van der Waals surface area contributed by atoms with Gasteiger partial charge in [-0.3, -0.25) is 24.3 Å². The highest BCUT2D eigenvalue weighted by atomic mass is 16.5. The Kier molecular flexibility index (Phi) is 9.11. The standard InChI is InChI=1S/C33H36N8O4/c1-45-28-10-4-6-22(12-28)18-40-20-26-15-30(40)33(44)37-29(14-27-21-41(39-38-27)19-23-7-5-11-34-16-23)32(43)35-17-25-9-3-2-8-24(25)13-31(42)36-26/h2-12,16,21,26,29-30H,13-15,17-20H2,1H3,(H,35,43)(H,36,42)(H,37,44)/t26-,29?,30-/m0/s1. The number of nitrogens with zero attached hydrogens (tertiary/aromatic N) is 5. The molecule has 2 aromatic carbocycles. The zero-order valence-electron chi connectivity index (χ0n) is 25.1. The van der Waals surface area contributed by atoms with E-state index in [9.17, 15) is 14.4 Å². The molecule has 45 heavy (non-hydrogen) atoms. The van der Waals surface area contributed by atoms with Crippen molar-refractivity contribution in [3.8, 4) is 5.75 Å². The topological polar surface area (TPSA) is 143 Å². The van der Waals surface area contributed by atoms with E-state index in [4.69, 9.17) is 4.74 Å².